The van der Waals surface area contributed by atoms with Gasteiger partial charge in [-0.3, -0.25) is 4.79 Å². The molecule has 158 valence electrons. The highest BCUT2D eigenvalue weighted by molar-refractivity contribution is 5.93. The van der Waals surface area contributed by atoms with Gasteiger partial charge in [0.2, 0.25) is 0 Å². The molecule has 2 aromatic heterocycles. The number of ether oxygens (including phenoxy) is 1. The number of fused-ring (bicyclic) bond motifs is 1. The highest BCUT2D eigenvalue weighted by Gasteiger charge is 2.19. The normalized spacial score (nSPS) is 10.9. The van der Waals surface area contributed by atoms with Crippen molar-refractivity contribution in [3.8, 4) is 5.69 Å². The van der Waals surface area contributed by atoms with Crippen molar-refractivity contribution in [1.82, 2.24) is 14.8 Å². The summed E-state index contributed by atoms with van der Waals surface area (Å²) in [6.45, 7) is 4.38. The molecule has 0 saturated carbocycles. The fourth-order valence-corrected chi connectivity index (χ4v) is 3.59. The maximum atomic E-state index is 12.8. The standard InChI is InChI=1S/C24H24N4O3/c1-3-31-24(30)23-20(14-22(29)28(27-23)21-11-7-4-8-16(21)2)25-13-12-17-15-26-19-10-6-5-9-18(17)19/h4-11,14-15,25-26H,3,12-13H2,1-2H3. The van der Waals surface area contributed by atoms with Crippen molar-refractivity contribution in [2.75, 3.05) is 18.5 Å². The van der Waals surface area contributed by atoms with Crippen LogP contribution in [0.3, 0.4) is 0 Å². The van der Waals surface area contributed by atoms with Crippen LogP contribution in [0.5, 0.6) is 0 Å². The minimum absolute atomic E-state index is 0.0867. The smallest absolute Gasteiger partial charge is 0.360 e. The van der Waals surface area contributed by atoms with Gasteiger partial charge in [-0.15, -0.1) is 0 Å². The predicted molar refractivity (Wildman–Crippen MR) is 121 cm³/mol. The van der Waals surface area contributed by atoms with Crippen LogP contribution in [0.25, 0.3) is 16.6 Å². The maximum Gasteiger partial charge on any atom is 0.360 e. The van der Waals surface area contributed by atoms with Gasteiger partial charge >= 0.3 is 5.97 Å². The Balaban J connectivity index is 1.63. The first-order valence-electron chi connectivity index (χ1n) is 10.2. The van der Waals surface area contributed by atoms with E-state index in [-0.39, 0.29) is 17.9 Å². The van der Waals surface area contributed by atoms with Crippen LogP contribution < -0.4 is 10.9 Å². The first-order valence-corrected chi connectivity index (χ1v) is 10.2. The van der Waals surface area contributed by atoms with Crippen molar-refractivity contribution in [1.29, 1.82) is 0 Å². The van der Waals surface area contributed by atoms with Gasteiger partial charge in [0.1, 0.15) is 0 Å². The summed E-state index contributed by atoms with van der Waals surface area (Å²) in [6.07, 6.45) is 2.69. The third-order valence-corrected chi connectivity index (χ3v) is 5.13. The summed E-state index contributed by atoms with van der Waals surface area (Å²) >= 11 is 0. The maximum absolute atomic E-state index is 12.8. The molecule has 0 aliphatic heterocycles. The molecule has 2 N–H and O–H groups in total. The topological polar surface area (TPSA) is 89.0 Å². The number of carbonyl (C=O) groups excluding carboxylic acids is 1. The van der Waals surface area contributed by atoms with Gasteiger partial charge in [0.25, 0.3) is 5.56 Å². The van der Waals surface area contributed by atoms with Gasteiger partial charge in [-0.2, -0.15) is 9.78 Å². The highest BCUT2D eigenvalue weighted by Crippen LogP contribution is 2.19. The largest absolute Gasteiger partial charge is 0.461 e. The van der Waals surface area contributed by atoms with Gasteiger partial charge < -0.3 is 15.0 Å². The number of nitrogens with one attached hydrogen (secondary N) is 2. The summed E-state index contributed by atoms with van der Waals surface area (Å²) in [4.78, 5) is 28.6. The van der Waals surface area contributed by atoms with Crippen molar-refractivity contribution in [2.45, 2.75) is 20.3 Å². The zero-order valence-corrected chi connectivity index (χ0v) is 17.5. The van der Waals surface area contributed by atoms with E-state index in [2.05, 4.69) is 21.5 Å². The molecule has 2 heterocycles. The average Bonchev–Trinajstić information content (AvgIpc) is 3.18. The molecule has 0 saturated heterocycles. The number of hydrogen-bond donors (Lipinski definition) is 2. The second-order valence-corrected chi connectivity index (χ2v) is 7.20. The number of hydrogen-bond acceptors (Lipinski definition) is 5. The Labute approximate surface area is 179 Å². The number of rotatable bonds is 7. The Morgan fingerprint density at radius 2 is 1.94 bits per heavy atom. The number of aromatic nitrogens is 3. The summed E-state index contributed by atoms with van der Waals surface area (Å²) in [5.74, 6) is -0.570. The molecule has 4 rings (SSSR count). The molecule has 0 amide bonds. The monoisotopic (exact) mass is 416 g/mol. The van der Waals surface area contributed by atoms with Crippen molar-refractivity contribution in [3.05, 3.63) is 88.0 Å². The lowest BCUT2D eigenvalue weighted by Gasteiger charge is -2.14. The first kappa shape index (κ1) is 20.4. The number of carbonyl (C=O) groups is 1. The number of para-hydroxylation sites is 2. The van der Waals surface area contributed by atoms with Crippen molar-refractivity contribution in [2.24, 2.45) is 0 Å². The minimum atomic E-state index is -0.570. The molecule has 0 aliphatic carbocycles. The van der Waals surface area contributed by atoms with E-state index >= 15 is 0 Å². The number of nitrogens with zero attached hydrogens (tertiary/aromatic N) is 2. The number of H-pyrrole nitrogens is 1. The Hall–Kier alpha value is -3.87. The summed E-state index contributed by atoms with van der Waals surface area (Å²) in [5.41, 5.74) is 3.87. The zero-order valence-electron chi connectivity index (χ0n) is 17.5. The molecule has 0 radical (unpaired) electrons. The van der Waals surface area contributed by atoms with E-state index in [1.165, 1.54) is 10.7 Å². The van der Waals surface area contributed by atoms with Gasteiger partial charge in [0.15, 0.2) is 5.69 Å². The quantitative estimate of drug-likeness (QED) is 0.447. The lowest BCUT2D eigenvalue weighted by molar-refractivity contribution is 0.0518. The van der Waals surface area contributed by atoms with E-state index in [0.717, 1.165) is 22.0 Å². The Morgan fingerprint density at radius 1 is 1.16 bits per heavy atom. The van der Waals surface area contributed by atoms with E-state index in [1.807, 2.05) is 49.5 Å². The van der Waals surface area contributed by atoms with E-state index in [9.17, 15) is 9.59 Å². The number of aromatic amines is 1. The SMILES string of the molecule is CCOC(=O)c1nn(-c2ccccc2C)c(=O)cc1NCCc1c[nH]c2ccccc12. The summed E-state index contributed by atoms with van der Waals surface area (Å²) in [5, 5.41) is 8.70. The average molecular weight is 416 g/mol. The molecule has 7 nitrogen and oxygen atoms in total. The second-order valence-electron chi connectivity index (χ2n) is 7.20. The summed E-state index contributed by atoms with van der Waals surface area (Å²) in [6, 6.07) is 16.9. The van der Waals surface area contributed by atoms with E-state index < -0.39 is 5.97 Å². The summed E-state index contributed by atoms with van der Waals surface area (Å²) in [7, 11) is 0. The Morgan fingerprint density at radius 3 is 2.74 bits per heavy atom. The molecule has 4 aromatic rings. The van der Waals surface area contributed by atoms with E-state index in [4.69, 9.17) is 4.74 Å². The van der Waals surface area contributed by atoms with Crippen LogP contribution in [0, 0.1) is 6.92 Å². The van der Waals surface area contributed by atoms with Crippen LogP contribution in [0.4, 0.5) is 5.69 Å². The molecule has 31 heavy (non-hydrogen) atoms. The van der Waals surface area contributed by atoms with Crippen molar-refractivity contribution < 1.29 is 9.53 Å². The predicted octanol–water partition coefficient (Wildman–Crippen LogP) is 3.85. The van der Waals surface area contributed by atoms with Crippen LogP contribution in [-0.4, -0.2) is 33.9 Å². The van der Waals surface area contributed by atoms with E-state index in [1.54, 1.807) is 13.0 Å². The Kier molecular flexibility index (Phi) is 5.84. The third kappa shape index (κ3) is 4.21. The van der Waals surface area contributed by atoms with Crippen LogP contribution in [-0.2, 0) is 11.2 Å². The third-order valence-electron chi connectivity index (χ3n) is 5.13. The first-order chi connectivity index (χ1) is 15.1. The molecular weight excluding hydrogens is 392 g/mol. The number of esters is 1. The number of aryl methyl sites for hydroxylation is 1. The van der Waals surface area contributed by atoms with Gasteiger partial charge in [0, 0.05) is 29.7 Å². The molecule has 0 fully saturated rings. The van der Waals surface area contributed by atoms with Crippen LogP contribution in [0.15, 0.2) is 65.6 Å². The molecule has 2 aromatic carbocycles. The fraction of sp³-hybridized carbons (Fsp3) is 0.208. The lowest BCUT2D eigenvalue weighted by atomic mass is 10.1. The molecule has 0 spiro atoms. The molecule has 0 atom stereocenters. The van der Waals surface area contributed by atoms with Crippen LogP contribution >= 0.6 is 0 Å². The lowest BCUT2D eigenvalue weighted by Crippen LogP contribution is -2.26. The number of benzene rings is 2. The minimum Gasteiger partial charge on any atom is -0.461 e. The highest BCUT2D eigenvalue weighted by atomic mass is 16.5. The van der Waals surface area contributed by atoms with Gasteiger partial charge in [0.05, 0.1) is 18.0 Å². The van der Waals surface area contributed by atoms with Gasteiger partial charge in [-0.05, 0) is 43.5 Å². The fourth-order valence-electron chi connectivity index (χ4n) is 3.59. The summed E-state index contributed by atoms with van der Waals surface area (Å²) < 4.78 is 6.42. The zero-order chi connectivity index (χ0) is 21.8. The molecule has 7 heteroatoms. The Bertz CT molecular complexity index is 1290. The van der Waals surface area contributed by atoms with Gasteiger partial charge in [-0.1, -0.05) is 36.4 Å². The van der Waals surface area contributed by atoms with Crippen LogP contribution in [0.2, 0.25) is 0 Å². The molecule has 0 unspecified atom stereocenters. The van der Waals surface area contributed by atoms with Gasteiger partial charge in [-0.25, -0.2) is 4.79 Å². The van der Waals surface area contributed by atoms with Crippen molar-refractivity contribution >= 4 is 22.6 Å². The van der Waals surface area contributed by atoms with E-state index in [0.29, 0.717) is 24.3 Å². The number of anilines is 1. The second kappa shape index (κ2) is 8.87. The molecule has 0 bridgehead atoms. The van der Waals surface area contributed by atoms with Crippen molar-refractivity contribution in [3.63, 3.8) is 0 Å². The molecule has 0 aliphatic rings. The van der Waals surface area contributed by atoms with Crippen LogP contribution in [0.1, 0.15) is 28.5 Å². The molecular formula is C24H24N4O3.